The maximum absolute atomic E-state index is 15.3. The maximum Gasteiger partial charge on any atom is 0.184 e. The number of anilines is 2. The van der Waals surface area contributed by atoms with Gasteiger partial charge in [-0.15, -0.1) is 0 Å². The lowest BCUT2D eigenvalue weighted by molar-refractivity contribution is 0.315. The molecule has 9 heteroatoms. The van der Waals surface area contributed by atoms with Gasteiger partial charge in [-0.05, 0) is 81.3 Å². The lowest BCUT2D eigenvalue weighted by Crippen LogP contribution is -2.34. The summed E-state index contributed by atoms with van der Waals surface area (Å²) in [4.78, 5) is 6.64. The van der Waals surface area contributed by atoms with Gasteiger partial charge in [-0.2, -0.15) is 5.10 Å². The summed E-state index contributed by atoms with van der Waals surface area (Å²) in [5, 5.41) is 4.14. The second-order valence-electron chi connectivity index (χ2n) is 9.26. The fraction of sp³-hybridized carbons (Fsp3) is 0.440. The van der Waals surface area contributed by atoms with Crippen LogP contribution in [-0.2, 0) is 0 Å². The van der Waals surface area contributed by atoms with Crippen molar-refractivity contribution in [3.8, 4) is 0 Å². The standard InChI is InChI=1S/C25H32F2N6S/c1-31(2)21-9-12-33(16-21)23-14-24(22(27)13-19(23)15-29-30-25(28)34)32-10-7-18(8-11-32)17-3-5-20(26)6-4-17/h3-6,13-15,18,21H,7-12,16H2,1-2H3,(H3,28,30,34)/b29-15+/t21-/m1/s1. The average Bonchev–Trinajstić information content (AvgIpc) is 3.30. The van der Waals surface area contributed by atoms with Crippen molar-refractivity contribution in [3.63, 3.8) is 0 Å². The van der Waals surface area contributed by atoms with Gasteiger partial charge in [0.1, 0.15) is 11.6 Å². The molecule has 2 saturated heterocycles. The lowest BCUT2D eigenvalue weighted by Gasteiger charge is -2.35. The van der Waals surface area contributed by atoms with Crippen LogP contribution in [0.15, 0.2) is 41.5 Å². The van der Waals surface area contributed by atoms with E-state index in [0.29, 0.717) is 23.2 Å². The van der Waals surface area contributed by atoms with Crippen LogP contribution < -0.4 is 21.0 Å². The highest BCUT2D eigenvalue weighted by molar-refractivity contribution is 7.80. The number of hydrogen-bond acceptors (Lipinski definition) is 5. The van der Waals surface area contributed by atoms with Crippen molar-refractivity contribution in [3.05, 3.63) is 59.2 Å². The number of halogens is 2. The van der Waals surface area contributed by atoms with Crippen molar-refractivity contribution in [2.24, 2.45) is 10.8 Å². The minimum Gasteiger partial charge on any atom is -0.375 e. The minimum atomic E-state index is -0.274. The number of hydrazone groups is 1. The van der Waals surface area contributed by atoms with Gasteiger partial charge in [-0.1, -0.05) is 12.1 Å². The predicted molar refractivity (Wildman–Crippen MR) is 139 cm³/mol. The molecule has 0 spiro atoms. The lowest BCUT2D eigenvalue weighted by atomic mass is 9.89. The second kappa shape index (κ2) is 10.7. The monoisotopic (exact) mass is 486 g/mol. The molecule has 4 rings (SSSR count). The smallest absolute Gasteiger partial charge is 0.184 e. The van der Waals surface area contributed by atoms with Crippen LogP contribution in [0, 0.1) is 11.6 Å². The summed E-state index contributed by atoms with van der Waals surface area (Å²) in [6.45, 7) is 3.25. The van der Waals surface area contributed by atoms with Crippen molar-refractivity contribution in [2.75, 3.05) is 50.1 Å². The second-order valence-corrected chi connectivity index (χ2v) is 9.70. The molecule has 0 unspecified atom stereocenters. The molecule has 2 fully saturated rings. The van der Waals surface area contributed by atoms with E-state index in [2.05, 4.69) is 39.3 Å². The van der Waals surface area contributed by atoms with E-state index in [0.717, 1.165) is 56.7 Å². The Bertz CT molecular complexity index is 1030. The Balaban J connectivity index is 1.56. The van der Waals surface area contributed by atoms with Crippen molar-refractivity contribution in [1.82, 2.24) is 10.3 Å². The third kappa shape index (κ3) is 5.64. The number of benzene rings is 2. The summed E-state index contributed by atoms with van der Waals surface area (Å²) in [6.07, 6.45) is 4.41. The van der Waals surface area contributed by atoms with Crippen LogP contribution in [0.4, 0.5) is 20.2 Å². The van der Waals surface area contributed by atoms with Crippen LogP contribution in [0.25, 0.3) is 0 Å². The molecular formula is C25H32F2N6S. The number of nitrogens with one attached hydrogen (secondary N) is 1. The van der Waals surface area contributed by atoms with Gasteiger partial charge in [0, 0.05) is 43.5 Å². The first kappa shape index (κ1) is 24.3. The van der Waals surface area contributed by atoms with Crippen molar-refractivity contribution < 1.29 is 8.78 Å². The zero-order chi connectivity index (χ0) is 24.2. The van der Waals surface area contributed by atoms with Crippen LogP contribution in [0.2, 0.25) is 0 Å². The highest BCUT2D eigenvalue weighted by Crippen LogP contribution is 2.36. The first-order valence-electron chi connectivity index (χ1n) is 11.7. The van der Waals surface area contributed by atoms with Crippen LogP contribution in [-0.4, -0.2) is 62.5 Å². The Morgan fingerprint density at radius 3 is 2.35 bits per heavy atom. The van der Waals surface area contributed by atoms with Gasteiger partial charge in [0.2, 0.25) is 0 Å². The Labute approximate surface area is 205 Å². The molecule has 1 atom stereocenters. The fourth-order valence-corrected chi connectivity index (χ4v) is 4.97. The summed E-state index contributed by atoms with van der Waals surface area (Å²) < 4.78 is 28.6. The van der Waals surface area contributed by atoms with E-state index in [1.165, 1.54) is 12.1 Å². The molecule has 2 aromatic rings. The Morgan fingerprint density at radius 1 is 1.06 bits per heavy atom. The van der Waals surface area contributed by atoms with E-state index in [9.17, 15) is 4.39 Å². The number of thiocarbonyl (C=S) groups is 1. The molecule has 2 aliphatic rings. The van der Waals surface area contributed by atoms with Gasteiger partial charge in [0.05, 0.1) is 11.9 Å². The molecule has 2 aromatic carbocycles. The summed E-state index contributed by atoms with van der Waals surface area (Å²) in [5.74, 6) is -0.137. The quantitative estimate of drug-likeness (QED) is 0.369. The average molecular weight is 487 g/mol. The van der Waals surface area contributed by atoms with Crippen LogP contribution >= 0.6 is 12.2 Å². The van der Waals surface area contributed by atoms with Gasteiger partial charge in [-0.3, -0.25) is 5.43 Å². The minimum absolute atomic E-state index is 0.0627. The maximum atomic E-state index is 15.3. The number of piperidine rings is 1. The zero-order valence-corrected chi connectivity index (χ0v) is 20.5. The molecule has 0 saturated carbocycles. The molecule has 34 heavy (non-hydrogen) atoms. The van der Waals surface area contributed by atoms with E-state index >= 15 is 4.39 Å². The normalized spacial score (nSPS) is 19.4. The summed E-state index contributed by atoms with van der Waals surface area (Å²) in [6, 6.07) is 10.7. The summed E-state index contributed by atoms with van der Waals surface area (Å²) in [5.41, 5.74) is 11.4. The van der Waals surface area contributed by atoms with E-state index < -0.39 is 0 Å². The highest BCUT2D eigenvalue weighted by Gasteiger charge is 2.28. The fourth-order valence-electron chi connectivity index (χ4n) is 4.92. The third-order valence-corrected chi connectivity index (χ3v) is 6.98. The van der Waals surface area contributed by atoms with E-state index in [4.69, 9.17) is 18.0 Å². The van der Waals surface area contributed by atoms with Crippen molar-refractivity contribution in [2.45, 2.75) is 31.2 Å². The predicted octanol–water partition coefficient (Wildman–Crippen LogP) is 3.66. The molecule has 182 valence electrons. The number of nitrogens with two attached hydrogens (primary N) is 1. The number of hydrogen-bond donors (Lipinski definition) is 2. The van der Waals surface area contributed by atoms with Gasteiger partial charge >= 0.3 is 0 Å². The van der Waals surface area contributed by atoms with Gasteiger partial charge in [-0.25, -0.2) is 8.78 Å². The number of rotatable bonds is 6. The Hall–Kier alpha value is -2.78. The van der Waals surface area contributed by atoms with Crippen LogP contribution in [0.3, 0.4) is 0 Å². The van der Waals surface area contributed by atoms with E-state index in [-0.39, 0.29) is 16.7 Å². The summed E-state index contributed by atoms with van der Waals surface area (Å²) >= 11 is 4.82. The first-order chi connectivity index (χ1) is 16.3. The molecule has 2 aliphatic heterocycles. The molecule has 3 N–H and O–H groups in total. The highest BCUT2D eigenvalue weighted by atomic mass is 32.1. The van der Waals surface area contributed by atoms with E-state index in [1.807, 2.05) is 18.2 Å². The van der Waals surface area contributed by atoms with Crippen molar-refractivity contribution in [1.29, 1.82) is 0 Å². The number of likely N-dealkylation sites (N-methyl/N-ethyl adjacent to an activating group) is 1. The molecule has 0 radical (unpaired) electrons. The van der Waals surface area contributed by atoms with Gasteiger partial charge < -0.3 is 20.4 Å². The SMILES string of the molecule is CN(C)[C@@H]1CCN(c2cc(N3CCC(c4ccc(F)cc4)CC3)c(F)cc2/C=N/NC(N)=S)C1. The van der Waals surface area contributed by atoms with Crippen molar-refractivity contribution >= 4 is 34.9 Å². The zero-order valence-electron chi connectivity index (χ0n) is 19.7. The van der Waals surface area contributed by atoms with Gasteiger partial charge in [0.15, 0.2) is 5.11 Å². The molecule has 0 amide bonds. The number of nitrogens with zero attached hydrogens (tertiary/aromatic N) is 4. The molecule has 0 aliphatic carbocycles. The molecule has 0 aromatic heterocycles. The Morgan fingerprint density at radius 2 is 1.74 bits per heavy atom. The van der Waals surface area contributed by atoms with Crippen LogP contribution in [0.1, 0.15) is 36.3 Å². The first-order valence-corrected chi connectivity index (χ1v) is 12.1. The topological polar surface area (TPSA) is 60.1 Å². The molecule has 2 heterocycles. The Kier molecular flexibility index (Phi) is 7.63. The molecular weight excluding hydrogens is 454 g/mol. The van der Waals surface area contributed by atoms with Gasteiger partial charge in [0.25, 0.3) is 0 Å². The third-order valence-electron chi connectivity index (χ3n) is 6.89. The molecule has 0 bridgehead atoms. The molecule has 6 nitrogen and oxygen atoms in total. The summed E-state index contributed by atoms with van der Waals surface area (Å²) in [7, 11) is 4.17. The van der Waals surface area contributed by atoms with E-state index in [1.54, 1.807) is 12.3 Å². The largest absolute Gasteiger partial charge is 0.375 e. The van der Waals surface area contributed by atoms with Crippen LogP contribution in [0.5, 0.6) is 0 Å².